The van der Waals surface area contributed by atoms with Gasteiger partial charge in [-0.25, -0.2) is 8.42 Å². The molecule has 1 aromatic carbocycles. The number of aryl methyl sites for hydroxylation is 1. The number of hydrogen-bond acceptors (Lipinski definition) is 2. The van der Waals surface area contributed by atoms with Crippen LogP contribution in [-0.2, 0) is 16.3 Å². The summed E-state index contributed by atoms with van der Waals surface area (Å²) in [6.07, 6.45) is 4.01. The van der Waals surface area contributed by atoms with Crippen molar-refractivity contribution < 1.29 is 8.42 Å². The van der Waals surface area contributed by atoms with Crippen LogP contribution in [0.25, 0.3) is 6.08 Å². The highest BCUT2D eigenvalue weighted by atomic mass is 32.2. The molecule has 2 rings (SSSR count). The van der Waals surface area contributed by atoms with Crippen molar-refractivity contribution in [2.75, 3.05) is 5.75 Å². The van der Waals surface area contributed by atoms with Crippen LogP contribution in [0, 0.1) is 0 Å². The molecule has 0 atom stereocenters. The van der Waals surface area contributed by atoms with E-state index in [-0.39, 0.29) is 5.75 Å². The minimum atomic E-state index is -3.02. The lowest BCUT2D eigenvalue weighted by Crippen LogP contribution is -2.12. The zero-order chi connectivity index (χ0) is 11.6. The number of fused-ring (bicyclic) bond motifs is 1. The Kier molecular flexibility index (Phi) is 3.15. The van der Waals surface area contributed by atoms with E-state index in [1.807, 2.05) is 31.2 Å². The standard InChI is InChI=1S/C13H16O2S/c1-2-9-16(14,15)13-8-7-11-5-3-4-6-12(11)10-13/h3-6,10H,2,7-9H2,1H3. The fourth-order valence-corrected chi connectivity index (χ4v) is 3.57. The van der Waals surface area contributed by atoms with Crippen molar-refractivity contribution in [2.45, 2.75) is 26.2 Å². The number of allylic oxidation sites excluding steroid dienone is 1. The number of benzene rings is 1. The van der Waals surface area contributed by atoms with Crippen LogP contribution >= 0.6 is 0 Å². The van der Waals surface area contributed by atoms with Crippen LogP contribution in [-0.4, -0.2) is 14.2 Å². The van der Waals surface area contributed by atoms with Gasteiger partial charge in [-0.3, -0.25) is 0 Å². The highest BCUT2D eigenvalue weighted by Gasteiger charge is 2.20. The first-order chi connectivity index (χ1) is 7.63. The molecule has 3 heteroatoms. The van der Waals surface area contributed by atoms with Crippen LogP contribution in [0.15, 0.2) is 29.2 Å². The molecule has 0 N–H and O–H groups in total. The van der Waals surface area contributed by atoms with E-state index >= 15 is 0 Å². The second-order valence-electron chi connectivity index (χ2n) is 4.13. The second-order valence-corrected chi connectivity index (χ2v) is 6.29. The van der Waals surface area contributed by atoms with E-state index in [1.165, 1.54) is 5.56 Å². The summed E-state index contributed by atoms with van der Waals surface area (Å²) in [4.78, 5) is 0.605. The summed E-state index contributed by atoms with van der Waals surface area (Å²) in [7, 11) is -3.02. The van der Waals surface area contributed by atoms with Gasteiger partial charge >= 0.3 is 0 Å². The first-order valence-electron chi connectivity index (χ1n) is 5.65. The molecule has 0 heterocycles. The van der Waals surface area contributed by atoms with Gasteiger partial charge in [0.25, 0.3) is 0 Å². The Hall–Kier alpha value is -1.09. The lowest BCUT2D eigenvalue weighted by molar-refractivity contribution is 0.598. The highest BCUT2D eigenvalue weighted by Crippen LogP contribution is 2.27. The second kappa shape index (κ2) is 4.42. The molecule has 1 aromatic rings. The van der Waals surface area contributed by atoms with Gasteiger partial charge in [0.15, 0.2) is 9.84 Å². The Balaban J connectivity index is 2.38. The summed E-state index contributed by atoms with van der Waals surface area (Å²) in [5.74, 6) is 0.265. The molecule has 0 unspecified atom stereocenters. The van der Waals surface area contributed by atoms with E-state index in [9.17, 15) is 8.42 Å². The molecule has 0 radical (unpaired) electrons. The van der Waals surface area contributed by atoms with Gasteiger partial charge in [-0.1, -0.05) is 31.2 Å². The maximum Gasteiger partial charge on any atom is 0.174 e. The Morgan fingerprint density at radius 2 is 1.94 bits per heavy atom. The topological polar surface area (TPSA) is 34.1 Å². The largest absolute Gasteiger partial charge is 0.224 e. The van der Waals surface area contributed by atoms with Gasteiger partial charge in [-0.05, 0) is 36.5 Å². The molecular formula is C13H16O2S. The SMILES string of the molecule is CCCS(=O)(=O)C1=Cc2ccccc2CC1. The molecule has 0 saturated carbocycles. The highest BCUT2D eigenvalue weighted by molar-refractivity contribution is 7.95. The summed E-state index contributed by atoms with van der Waals surface area (Å²) in [5, 5.41) is 0. The lowest BCUT2D eigenvalue weighted by atomic mass is 9.98. The molecule has 0 aromatic heterocycles. The maximum absolute atomic E-state index is 11.9. The fraction of sp³-hybridized carbons (Fsp3) is 0.385. The smallest absolute Gasteiger partial charge is 0.174 e. The van der Waals surface area contributed by atoms with Gasteiger partial charge < -0.3 is 0 Å². The Morgan fingerprint density at radius 1 is 1.19 bits per heavy atom. The number of hydrogen-bond donors (Lipinski definition) is 0. The van der Waals surface area contributed by atoms with Crippen molar-refractivity contribution in [1.82, 2.24) is 0 Å². The lowest BCUT2D eigenvalue weighted by Gasteiger charge is -2.16. The minimum Gasteiger partial charge on any atom is -0.224 e. The molecule has 1 aliphatic carbocycles. The molecule has 86 valence electrons. The molecular weight excluding hydrogens is 220 g/mol. The predicted octanol–water partition coefficient (Wildman–Crippen LogP) is 2.80. The van der Waals surface area contributed by atoms with Crippen molar-refractivity contribution in [3.8, 4) is 0 Å². The molecule has 0 spiro atoms. The molecule has 2 nitrogen and oxygen atoms in total. The summed E-state index contributed by atoms with van der Waals surface area (Å²) >= 11 is 0. The van der Waals surface area contributed by atoms with Crippen molar-refractivity contribution in [1.29, 1.82) is 0 Å². The van der Waals surface area contributed by atoms with E-state index in [1.54, 1.807) is 0 Å². The normalized spacial score (nSPS) is 15.4. The van der Waals surface area contributed by atoms with Gasteiger partial charge in [-0.15, -0.1) is 0 Å². The first kappa shape index (κ1) is 11.4. The van der Waals surface area contributed by atoms with E-state index in [0.29, 0.717) is 17.7 Å². The van der Waals surface area contributed by atoms with Gasteiger partial charge in [0.2, 0.25) is 0 Å². The molecule has 0 aliphatic heterocycles. The van der Waals surface area contributed by atoms with Crippen molar-refractivity contribution in [3.63, 3.8) is 0 Å². The quantitative estimate of drug-likeness (QED) is 0.808. The van der Waals surface area contributed by atoms with Crippen molar-refractivity contribution >= 4 is 15.9 Å². The van der Waals surface area contributed by atoms with Gasteiger partial charge in [0.1, 0.15) is 0 Å². The van der Waals surface area contributed by atoms with Crippen LogP contribution in [0.4, 0.5) is 0 Å². The van der Waals surface area contributed by atoms with E-state index < -0.39 is 9.84 Å². The minimum absolute atomic E-state index is 0.265. The summed E-state index contributed by atoms with van der Waals surface area (Å²) in [6.45, 7) is 1.90. The van der Waals surface area contributed by atoms with Crippen molar-refractivity contribution in [3.05, 3.63) is 40.3 Å². The third-order valence-corrected chi connectivity index (χ3v) is 4.95. The molecule has 0 amide bonds. The Labute approximate surface area is 96.9 Å². The van der Waals surface area contributed by atoms with E-state index in [2.05, 4.69) is 6.07 Å². The zero-order valence-corrected chi connectivity index (χ0v) is 10.3. The van der Waals surface area contributed by atoms with Crippen LogP contribution in [0.2, 0.25) is 0 Å². The number of rotatable bonds is 3. The predicted molar refractivity (Wildman–Crippen MR) is 66.8 cm³/mol. The summed E-state index contributed by atoms with van der Waals surface area (Å²) < 4.78 is 23.9. The molecule has 1 aliphatic rings. The van der Waals surface area contributed by atoms with Crippen LogP contribution in [0.3, 0.4) is 0 Å². The summed E-state index contributed by atoms with van der Waals surface area (Å²) in [5.41, 5.74) is 2.31. The third kappa shape index (κ3) is 2.19. The van der Waals surface area contributed by atoms with E-state index in [4.69, 9.17) is 0 Å². The first-order valence-corrected chi connectivity index (χ1v) is 7.30. The summed E-state index contributed by atoms with van der Waals surface area (Å²) in [6, 6.07) is 7.99. The van der Waals surface area contributed by atoms with Crippen LogP contribution in [0.1, 0.15) is 30.9 Å². The van der Waals surface area contributed by atoms with Gasteiger partial charge in [-0.2, -0.15) is 0 Å². The average molecular weight is 236 g/mol. The average Bonchev–Trinajstić information content (AvgIpc) is 2.28. The third-order valence-electron chi connectivity index (χ3n) is 2.88. The van der Waals surface area contributed by atoms with Crippen LogP contribution in [0.5, 0.6) is 0 Å². The molecule has 0 saturated heterocycles. The molecule has 0 bridgehead atoms. The Bertz CT molecular complexity index is 512. The molecule has 16 heavy (non-hydrogen) atoms. The zero-order valence-electron chi connectivity index (χ0n) is 9.44. The molecule has 0 fully saturated rings. The van der Waals surface area contributed by atoms with Gasteiger partial charge in [0.05, 0.1) is 5.75 Å². The number of sulfone groups is 1. The van der Waals surface area contributed by atoms with Gasteiger partial charge in [0, 0.05) is 4.91 Å². The maximum atomic E-state index is 11.9. The Morgan fingerprint density at radius 3 is 2.69 bits per heavy atom. The van der Waals surface area contributed by atoms with Crippen LogP contribution < -0.4 is 0 Å². The van der Waals surface area contributed by atoms with E-state index in [0.717, 1.165) is 12.0 Å². The fourth-order valence-electron chi connectivity index (χ4n) is 2.05. The monoisotopic (exact) mass is 236 g/mol. The van der Waals surface area contributed by atoms with Crippen molar-refractivity contribution in [2.24, 2.45) is 0 Å².